The molecule has 19 heteroatoms. The molecule has 0 radical (unpaired) electrons. The molecule has 2 aliphatic heterocycles. The average Bonchev–Trinajstić information content (AvgIpc) is 3.96. The summed E-state index contributed by atoms with van der Waals surface area (Å²) in [5.41, 5.74) is 6.58. The van der Waals surface area contributed by atoms with E-state index in [1.54, 1.807) is 31.8 Å². The number of aliphatic hydroxyl groups is 1. The van der Waals surface area contributed by atoms with Gasteiger partial charge in [-0.15, -0.1) is 11.3 Å². The van der Waals surface area contributed by atoms with Crippen LogP contribution in [0.5, 0.6) is 5.75 Å². The third kappa shape index (κ3) is 14.1. The number of anilines is 5. The Kier molecular flexibility index (Phi) is 17.8. The molecule has 0 saturated carbocycles. The lowest BCUT2D eigenvalue weighted by atomic mass is 9.85. The van der Waals surface area contributed by atoms with Gasteiger partial charge in [-0.1, -0.05) is 81.6 Å². The Morgan fingerprint density at radius 1 is 0.944 bits per heavy atom. The van der Waals surface area contributed by atoms with Crippen LogP contribution in [0.25, 0.3) is 10.4 Å². The number of likely N-dealkylation sites (tertiary alicyclic amines) is 1. The van der Waals surface area contributed by atoms with E-state index in [0.717, 1.165) is 79.4 Å². The largest absolute Gasteiger partial charge is 0.494 e. The molecule has 2 saturated heterocycles. The van der Waals surface area contributed by atoms with Gasteiger partial charge in [0.25, 0.3) is 0 Å². The smallest absolute Gasteiger partial charge is 0.246 e. The van der Waals surface area contributed by atoms with Crippen molar-refractivity contribution in [3.05, 3.63) is 94.7 Å². The highest BCUT2D eigenvalue weighted by atomic mass is 35.5. The number of ether oxygens (including phenoxy) is 1. The zero-order valence-corrected chi connectivity index (χ0v) is 44.3. The van der Waals surface area contributed by atoms with E-state index in [1.807, 2.05) is 93.9 Å². The Morgan fingerprint density at radius 3 is 2.37 bits per heavy atom. The lowest BCUT2D eigenvalue weighted by molar-refractivity contribution is -0.144. The van der Waals surface area contributed by atoms with Crippen LogP contribution in [0.15, 0.2) is 78.4 Å². The number of aryl methyl sites for hydroxylation is 1. The molecule has 16 nitrogen and oxygen atoms in total. The molecule has 0 aliphatic carbocycles. The summed E-state index contributed by atoms with van der Waals surface area (Å²) in [5.74, 6) is 0.464. The van der Waals surface area contributed by atoms with Gasteiger partial charge in [-0.3, -0.25) is 19.3 Å². The van der Waals surface area contributed by atoms with Crippen LogP contribution in [0.1, 0.15) is 70.6 Å². The summed E-state index contributed by atoms with van der Waals surface area (Å²) in [4.78, 5) is 61.6. The lowest BCUT2D eigenvalue weighted by Crippen LogP contribution is -2.57. The van der Waals surface area contributed by atoms with Gasteiger partial charge < -0.3 is 45.5 Å². The number of aliphatic hydroxyl groups excluding tert-OH is 1. The van der Waals surface area contributed by atoms with Gasteiger partial charge in [-0.2, -0.15) is 4.98 Å². The summed E-state index contributed by atoms with van der Waals surface area (Å²) in [6.45, 7) is 16.0. The SMILES string of the molecule is COc1cc(N2CCN(CCCCCCC(=O)N[C@H](C(=O)N3C[C@H](O)C[C@H]3C(=O)NCc3ccc(-c4scnc4C)cc3)C(C)(C)C)CC2)ccc1Nc1ncc(Cl)c(Nc2ccccc2P(C)(C)=O)n1. The van der Waals surface area contributed by atoms with E-state index >= 15 is 0 Å². The Labute approximate surface area is 426 Å². The minimum absolute atomic E-state index is 0.0297. The molecule has 0 unspecified atom stereocenters. The lowest BCUT2D eigenvalue weighted by Gasteiger charge is -2.36. The zero-order chi connectivity index (χ0) is 50.9. The highest BCUT2D eigenvalue weighted by Crippen LogP contribution is 2.39. The maximum atomic E-state index is 14.1. The molecule has 3 amide bonds. The maximum Gasteiger partial charge on any atom is 0.246 e. The normalized spacial score (nSPS) is 16.9. The molecule has 2 aromatic heterocycles. The Balaban J connectivity index is 0.819. The molecule has 2 aliphatic rings. The molecule has 380 valence electrons. The van der Waals surface area contributed by atoms with Gasteiger partial charge in [0.05, 0.1) is 46.9 Å². The summed E-state index contributed by atoms with van der Waals surface area (Å²) in [6, 6.07) is 19.7. The van der Waals surface area contributed by atoms with Crippen molar-refractivity contribution in [1.82, 2.24) is 35.4 Å². The zero-order valence-electron chi connectivity index (χ0n) is 41.8. The van der Waals surface area contributed by atoms with Crippen LogP contribution < -0.4 is 36.2 Å². The van der Waals surface area contributed by atoms with Crippen LogP contribution in [0, 0.1) is 12.3 Å². The number of para-hydroxylation sites is 1. The van der Waals surface area contributed by atoms with Crippen LogP contribution in [0.3, 0.4) is 0 Å². The summed E-state index contributed by atoms with van der Waals surface area (Å²) in [7, 11) is -0.931. The number of benzene rings is 3. The average molecular weight is 1030 g/mol. The first-order valence-electron chi connectivity index (χ1n) is 24.3. The minimum atomic E-state index is -2.56. The van der Waals surface area contributed by atoms with Gasteiger partial charge >= 0.3 is 0 Å². The second-order valence-electron chi connectivity index (χ2n) is 19.8. The Hall–Kier alpha value is -5.58. The summed E-state index contributed by atoms with van der Waals surface area (Å²) in [6.07, 6.45) is 4.72. The number of hydrogen-bond donors (Lipinski definition) is 5. The molecule has 4 heterocycles. The first kappa shape index (κ1) is 53.2. The fraction of sp³-hybridized carbons (Fsp3) is 0.462. The number of nitrogens with one attached hydrogen (secondary N) is 4. The van der Waals surface area contributed by atoms with E-state index in [4.69, 9.17) is 16.3 Å². The van der Waals surface area contributed by atoms with Crippen molar-refractivity contribution in [3.8, 4) is 16.2 Å². The van der Waals surface area contributed by atoms with Crippen molar-refractivity contribution >= 4 is 81.9 Å². The van der Waals surface area contributed by atoms with E-state index < -0.39 is 30.7 Å². The molecule has 2 fully saturated rings. The van der Waals surface area contributed by atoms with Gasteiger partial charge in [0.1, 0.15) is 30.0 Å². The number of piperazine rings is 1. The third-order valence-electron chi connectivity index (χ3n) is 13.0. The highest BCUT2D eigenvalue weighted by Gasteiger charge is 2.44. The van der Waals surface area contributed by atoms with E-state index in [-0.39, 0.29) is 37.2 Å². The van der Waals surface area contributed by atoms with E-state index in [9.17, 15) is 24.1 Å². The fourth-order valence-corrected chi connectivity index (χ4v) is 11.1. The van der Waals surface area contributed by atoms with Crippen molar-refractivity contribution in [2.24, 2.45) is 5.41 Å². The number of thiazole rings is 1. The minimum Gasteiger partial charge on any atom is -0.494 e. The quantitative estimate of drug-likeness (QED) is 0.0371. The van der Waals surface area contributed by atoms with Crippen molar-refractivity contribution in [3.63, 3.8) is 0 Å². The van der Waals surface area contributed by atoms with Crippen LogP contribution >= 0.6 is 30.1 Å². The number of halogens is 1. The second kappa shape index (κ2) is 23.8. The molecule has 7 rings (SSSR count). The molecular formula is C52H68ClN10O6PS. The maximum absolute atomic E-state index is 14.1. The standard InChI is InChI=1S/C52H68ClN10O6PS/c1-34-46(71-33-56-34)36-19-17-35(18-20-36)30-54-49(66)42-29-38(64)32-63(42)50(67)47(52(2,3)4)59-45(65)16-10-8-9-13-23-61-24-26-62(27-25-61)37-21-22-40(43(28-37)69-5)58-51-55-31-39(53)48(60-51)57-41-14-11-12-15-44(41)70(6,7)68/h11-12,14-15,17-22,28,31,33,38,42,47,64H,8-10,13,16,23-27,29-30,32H2,1-7H3,(H,54,66)(H,59,65)(H2,55,57,58,60)/t38-,42+,47-/m1/s1. The van der Waals surface area contributed by atoms with Gasteiger partial charge in [0, 0.05) is 69.2 Å². The molecule has 3 aromatic carbocycles. The van der Waals surface area contributed by atoms with Crippen molar-refractivity contribution in [2.75, 3.05) is 75.2 Å². The van der Waals surface area contributed by atoms with Crippen LogP contribution in [-0.2, 0) is 25.5 Å². The molecule has 5 N–H and O–H groups in total. The number of rotatable bonds is 20. The molecule has 3 atom stereocenters. The first-order chi connectivity index (χ1) is 33.9. The monoisotopic (exact) mass is 1030 g/mol. The highest BCUT2D eigenvalue weighted by molar-refractivity contribution is 7.70. The Morgan fingerprint density at radius 2 is 1.68 bits per heavy atom. The fourth-order valence-electron chi connectivity index (χ4n) is 9.01. The van der Waals surface area contributed by atoms with E-state index in [2.05, 4.69) is 52.1 Å². The topological polar surface area (TPSA) is 194 Å². The van der Waals surface area contributed by atoms with Crippen LogP contribution in [0.2, 0.25) is 5.02 Å². The van der Waals surface area contributed by atoms with Gasteiger partial charge in [0.15, 0.2) is 5.82 Å². The molecule has 0 spiro atoms. The number of methoxy groups -OCH3 is 1. The molecule has 0 bridgehead atoms. The predicted octanol–water partition coefficient (Wildman–Crippen LogP) is 8.19. The number of β-amino-alcohol motifs (C(OH)–C–C–N with tert-alkyl or cyclic N) is 1. The number of unbranched alkanes of at least 4 members (excludes halogenated alkanes) is 3. The van der Waals surface area contributed by atoms with Gasteiger partial charge in [0.2, 0.25) is 23.7 Å². The number of aromatic nitrogens is 3. The van der Waals surface area contributed by atoms with Gasteiger partial charge in [-0.05, 0) is 80.4 Å². The Bertz CT molecular complexity index is 2690. The summed E-state index contributed by atoms with van der Waals surface area (Å²) in [5, 5.41) is 24.1. The van der Waals surface area contributed by atoms with Crippen LogP contribution in [0.4, 0.5) is 28.8 Å². The number of hydrogen-bond acceptors (Lipinski definition) is 14. The number of nitrogens with zero attached hydrogens (tertiary/aromatic N) is 6. The van der Waals surface area contributed by atoms with E-state index in [1.165, 1.54) is 11.1 Å². The predicted molar refractivity (Wildman–Crippen MR) is 286 cm³/mol. The molecular weight excluding hydrogens is 959 g/mol. The summed E-state index contributed by atoms with van der Waals surface area (Å²) < 4.78 is 18.7. The van der Waals surface area contributed by atoms with Crippen molar-refractivity contribution in [2.45, 2.75) is 91.0 Å². The van der Waals surface area contributed by atoms with E-state index in [0.29, 0.717) is 52.1 Å². The van der Waals surface area contributed by atoms with Crippen LogP contribution in [-0.4, -0.2) is 125 Å². The molecule has 5 aromatic rings. The second-order valence-corrected chi connectivity index (χ2v) is 24.3. The number of carbonyl (C=O) groups excluding carboxylic acids is 3. The summed E-state index contributed by atoms with van der Waals surface area (Å²) >= 11 is 8.07. The first-order valence-corrected chi connectivity index (χ1v) is 28.2. The third-order valence-corrected chi connectivity index (χ3v) is 15.8. The number of amides is 3. The van der Waals surface area contributed by atoms with Gasteiger partial charge in [-0.25, -0.2) is 9.97 Å². The van der Waals surface area contributed by atoms with Crippen molar-refractivity contribution < 1.29 is 28.8 Å². The van der Waals surface area contributed by atoms with Crippen molar-refractivity contribution in [1.29, 1.82) is 0 Å². The molecule has 71 heavy (non-hydrogen) atoms. The number of carbonyl (C=O) groups is 3.